The van der Waals surface area contributed by atoms with Crippen molar-refractivity contribution >= 4 is 22.0 Å². The number of aromatic nitrogens is 4. The summed E-state index contributed by atoms with van der Waals surface area (Å²) < 4.78 is 27.9. The van der Waals surface area contributed by atoms with Gasteiger partial charge in [0.15, 0.2) is 17.5 Å². The van der Waals surface area contributed by atoms with Gasteiger partial charge in [0.25, 0.3) is 0 Å². The number of hydrogen-bond acceptors (Lipinski definition) is 5. The number of nitrogens with two attached hydrogens (primary N) is 1. The minimum absolute atomic E-state index is 0.141. The fourth-order valence-corrected chi connectivity index (χ4v) is 2.63. The normalized spacial score (nSPS) is 11.3. The first-order valence-corrected chi connectivity index (χ1v) is 6.37. The fraction of sp³-hybridized carbons (Fsp3) is 0.182. The maximum Gasteiger partial charge on any atom is 0.234 e. The van der Waals surface area contributed by atoms with Crippen molar-refractivity contribution in [1.29, 1.82) is 0 Å². The minimum Gasteiger partial charge on any atom is -0.398 e. The highest BCUT2D eigenvalue weighted by Crippen LogP contribution is 2.31. The lowest BCUT2D eigenvalue weighted by Crippen LogP contribution is -1.97. The molecule has 0 unspecified atom stereocenters. The summed E-state index contributed by atoms with van der Waals surface area (Å²) in [5.41, 5.74) is 6.20. The molecule has 0 amide bonds. The van der Waals surface area contributed by atoms with Crippen LogP contribution >= 0.6 is 11.3 Å². The Labute approximate surface area is 110 Å². The number of rotatable bonds is 2. The Morgan fingerprint density at radius 3 is 2.74 bits per heavy atom. The molecule has 98 valence electrons. The van der Waals surface area contributed by atoms with E-state index in [1.54, 1.807) is 4.52 Å². The predicted molar refractivity (Wildman–Crippen MR) is 67.8 cm³/mol. The number of benzene rings is 1. The maximum absolute atomic E-state index is 13.3. The fourth-order valence-electron chi connectivity index (χ4n) is 1.73. The van der Waals surface area contributed by atoms with Gasteiger partial charge in [-0.3, -0.25) is 0 Å². The summed E-state index contributed by atoms with van der Waals surface area (Å²) in [5.74, 6) is -1.22. The van der Waals surface area contributed by atoms with Crippen LogP contribution in [0.1, 0.15) is 12.7 Å². The highest BCUT2D eigenvalue weighted by Gasteiger charge is 2.16. The van der Waals surface area contributed by atoms with Crippen molar-refractivity contribution in [2.45, 2.75) is 13.3 Å². The van der Waals surface area contributed by atoms with Gasteiger partial charge in [-0.1, -0.05) is 18.3 Å². The molecule has 5 nitrogen and oxygen atoms in total. The molecule has 0 aliphatic rings. The second kappa shape index (κ2) is 4.23. The van der Waals surface area contributed by atoms with E-state index in [2.05, 4.69) is 15.3 Å². The van der Waals surface area contributed by atoms with Gasteiger partial charge in [0, 0.05) is 23.7 Å². The minimum atomic E-state index is -0.974. The first kappa shape index (κ1) is 12.0. The van der Waals surface area contributed by atoms with Crippen LogP contribution in [0.5, 0.6) is 0 Å². The number of nitrogens with zero attached hydrogens (tertiary/aromatic N) is 4. The molecule has 1 aromatic carbocycles. The van der Waals surface area contributed by atoms with Gasteiger partial charge in [0.1, 0.15) is 5.01 Å². The average Bonchev–Trinajstić information content (AvgIpc) is 2.93. The van der Waals surface area contributed by atoms with Crippen molar-refractivity contribution in [3.63, 3.8) is 0 Å². The third-order valence-electron chi connectivity index (χ3n) is 2.69. The van der Waals surface area contributed by atoms with Gasteiger partial charge in [0.2, 0.25) is 4.96 Å². The van der Waals surface area contributed by atoms with Crippen molar-refractivity contribution in [1.82, 2.24) is 19.8 Å². The summed E-state index contributed by atoms with van der Waals surface area (Å²) in [6, 6.07) is 2.00. The van der Waals surface area contributed by atoms with Crippen molar-refractivity contribution in [3.05, 3.63) is 29.6 Å². The van der Waals surface area contributed by atoms with Crippen LogP contribution in [0.3, 0.4) is 0 Å². The van der Waals surface area contributed by atoms with Crippen LogP contribution in [-0.2, 0) is 6.42 Å². The molecule has 0 spiro atoms. The molecule has 3 aromatic rings. The van der Waals surface area contributed by atoms with E-state index >= 15 is 0 Å². The molecule has 0 fully saturated rings. The van der Waals surface area contributed by atoms with Crippen LogP contribution < -0.4 is 5.73 Å². The SMILES string of the molecule is CCc1nnc2sc(-c3cc(F)c(F)cc3N)nn12. The monoisotopic (exact) mass is 281 g/mol. The van der Waals surface area contributed by atoms with E-state index in [-0.39, 0.29) is 5.69 Å². The zero-order valence-electron chi connectivity index (χ0n) is 9.89. The second-order valence-corrected chi connectivity index (χ2v) is 4.88. The molecular weight excluding hydrogens is 272 g/mol. The standard InChI is InChI=1S/C11H9F2N5S/c1-2-9-15-16-11-18(9)17-10(19-11)5-3-6(12)7(13)4-8(5)14/h3-4H,2,14H2,1H3. The van der Waals surface area contributed by atoms with Crippen LogP contribution in [0.4, 0.5) is 14.5 Å². The zero-order valence-corrected chi connectivity index (χ0v) is 10.7. The Morgan fingerprint density at radius 2 is 2.00 bits per heavy atom. The van der Waals surface area contributed by atoms with Gasteiger partial charge in [0.05, 0.1) is 0 Å². The zero-order chi connectivity index (χ0) is 13.6. The van der Waals surface area contributed by atoms with Gasteiger partial charge in [-0.15, -0.1) is 10.2 Å². The van der Waals surface area contributed by atoms with Crippen LogP contribution in [0.25, 0.3) is 15.5 Å². The van der Waals surface area contributed by atoms with E-state index in [1.807, 2.05) is 6.92 Å². The first-order valence-electron chi connectivity index (χ1n) is 5.56. The predicted octanol–water partition coefficient (Wildman–Crippen LogP) is 2.28. The van der Waals surface area contributed by atoms with E-state index in [0.29, 0.717) is 27.8 Å². The lowest BCUT2D eigenvalue weighted by molar-refractivity contribution is 0.509. The molecule has 19 heavy (non-hydrogen) atoms. The first-order chi connectivity index (χ1) is 9.10. The van der Waals surface area contributed by atoms with E-state index in [1.165, 1.54) is 11.3 Å². The Bertz CT molecular complexity index is 764. The summed E-state index contributed by atoms with van der Waals surface area (Å²) >= 11 is 1.22. The Hall–Kier alpha value is -2.09. The third kappa shape index (κ3) is 1.84. The molecule has 2 N–H and O–H groups in total. The highest BCUT2D eigenvalue weighted by molar-refractivity contribution is 7.19. The van der Waals surface area contributed by atoms with Gasteiger partial charge < -0.3 is 5.73 Å². The molecule has 8 heteroatoms. The van der Waals surface area contributed by atoms with Gasteiger partial charge in [-0.2, -0.15) is 9.61 Å². The number of aryl methyl sites for hydroxylation is 1. The molecule has 3 rings (SSSR count). The van der Waals surface area contributed by atoms with Crippen LogP contribution in [0.2, 0.25) is 0 Å². The smallest absolute Gasteiger partial charge is 0.234 e. The summed E-state index contributed by atoms with van der Waals surface area (Å²) in [4.78, 5) is 0.594. The molecule has 2 heterocycles. The molecule has 0 atom stereocenters. The third-order valence-corrected chi connectivity index (χ3v) is 3.63. The number of hydrogen-bond donors (Lipinski definition) is 1. The number of anilines is 1. The van der Waals surface area contributed by atoms with Crippen molar-refractivity contribution in [2.24, 2.45) is 0 Å². The topological polar surface area (TPSA) is 69.1 Å². The van der Waals surface area contributed by atoms with Crippen molar-refractivity contribution in [2.75, 3.05) is 5.73 Å². The summed E-state index contributed by atoms with van der Waals surface area (Å²) in [6.07, 6.45) is 0.678. The van der Waals surface area contributed by atoms with Crippen molar-refractivity contribution in [3.8, 4) is 10.6 Å². The van der Waals surface area contributed by atoms with Gasteiger partial charge in [-0.25, -0.2) is 8.78 Å². The summed E-state index contributed by atoms with van der Waals surface area (Å²) in [5, 5.41) is 12.7. The molecular formula is C11H9F2N5S. The Balaban J connectivity index is 2.19. The molecule has 2 aromatic heterocycles. The van der Waals surface area contributed by atoms with Crippen molar-refractivity contribution < 1.29 is 8.78 Å². The Kier molecular flexibility index (Phi) is 2.67. The van der Waals surface area contributed by atoms with E-state index < -0.39 is 11.6 Å². The molecule has 0 bridgehead atoms. The molecule has 0 aliphatic heterocycles. The number of halogens is 2. The molecule has 0 aliphatic carbocycles. The summed E-state index contributed by atoms with van der Waals surface area (Å²) in [7, 11) is 0. The van der Waals surface area contributed by atoms with Gasteiger partial charge >= 0.3 is 0 Å². The highest BCUT2D eigenvalue weighted by atomic mass is 32.1. The largest absolute Gasteiger partial charge is 0.398 e. The average molecular weight is 281 g/mol. The molecule has 0 saturated heterocycles. The van der Waals surface area contributed by atoms with Crippen LogP contribution in [-0.4, -0.2) is 19.8 Å². The molecule has 0 saturated carbocycles. The molecule has 0 radical (unpaired) electrons. The lowest BCUT2D eigenvalue weighted by Gasteiger charge is -2.02. The Morgan fingerprint density at radius 1 is 1.26 bits per heavy atom. The number of fused-ring (bicyclic) bond motifs is 1. The summed E-state index contributed by atoms with van der Waals surface area (Å²) in [6.45, 7) is 1.93. The van der Waals surface area contributed by atoms with E-state index in [0.717, 1.165) is 12.1 Å². The lowest BCUT2D eigenvalue weighted by atomic mass is 10.2. The number of nitrogen functional groups attached to an aromatic ring is 1. The maximum atomic E-state index is 13.3. The van der Waals surface area contributed by atoms with Gasteiger partial charge in [-0.05, 0) is 6.07 Å². The van der Waals surface area contributed by atoms with E-state index in [9.17, 15) is 8.78 Å². The second-order valence-electron chi connectivity index (χ2n) is 3.92. The van der Waals surface area contributed by atoms with Crippen LogP contribution in [0, 0.1) is 11.6 Å². The van der Waals surface area contributed by atoms with Crippen LogP contribution in [0.15, 0.2) is 12.1 Å². The van der Waals surface area contributed by atoms with E-state index in [4.69, 9.17) is 5.73 Å². The quantitative estimate of drug-likeness (QED) is 0.732.